The largest absolute Gasteiger partial charge is 0.490 e. The van der Waals surface area contributed by atoms with E-state index in [-0.39, 0.29) is 0 Å². The molecule has 0 saturated heterocycles. The topological polar surface area (TPSA) is 55.8 Å². The van der Waals surface area contributed by atoms with Gasteiger partial charge < -0.3 is 14.6 Å². The van der Waals surface area contributed by atoms with E-state index >= 15 is 0 Å². The van der Waals surface area contributed by atoms with E-state index in [2.05, 4.69) is 0 Å². The highest BCUT2D eigenvalue weighted by atomic mass is 35.5. The van der Waals surface area contributed by atoms with Gasteiger partial charge in [0.2, 0.25) is 0 Å². The average molecular weight is 335 g/mol. The van der Waals surface area contributed by atoms with Crippen molar-refractivity contribution in [2.45, 2.75) is 26.6 Å². The van der Waals surface area contributed by atoms with Gasteiger partial charge in [0.05, 0.1) is 5.92 Å². The summed E-state index contributed by atoms with van der Waals surface area (Å²) in [7, 11) is 0. The number of hydrogen-bond acceptors (Lipinski definition) is 3. The maximum atomic E-state index is 10.9. The van der Waals surface area contributed by atoms with Crippen molar-refractivity contribution >= 4 is 17.6 Å². The lowest BCUT2D eigenvalue weighted by molar-refractivity contribution is -0.143. The predicted molar refractivity (Wildman–Crippen MR) is 89.1 cm³/mol. The fraction of sp³-hybridized carbons (Fsp3) is 0.278. The SMILES string of the molecule is CC(Oc1ccc(OCc2ccc(Cl)cc2)cc1)C(C)C(=O)O. The number of carboxylic acid groups (broad SMARTS) is 1. The van der Waals surface area contributed by atoms with Crippen LogP contribution in [0.4, 0.5) is 0 Å². The zero-order valence-electron chi connectivity index (χ0n) is 13.0. The molecule has 2 atom stereocenters. The fourth-order valence-corrected chi connectivity index (χ4v) is 2.01. The van der Waals surface area contributed by atoms with Gasteiger partial charge in [-0.1, -0.05) is 23.7 Å². The van der Waals surface area contributed by atoms with Crippen LogP contribution in [0.25, 0.3) is 0 Å². The van der Waals surface area contributed by atoms with E-state index in [9.17, 15) is 4.79 Å². The van der Waals surface area contributed by atoms with Gasteiger partial charge >= 0.3 is 5.97 Å². The van der Waals surface area contributed by atoms with Crippen molar-refractivity contribution < 1.29 is 19.4 Å². The number of hydrogen-bond donors (Lipinski definition) is 1. The molecule has 0 radical (unpaired) electrons. The lowest BCUT2D eigenvalue weighted by atomic mass is 10.1. The molecule has 5 heteroatoms. The van der Waals surface area contributed by atoms with Gasteiger partial charge in [-0.15, -0.1) is 0 Å². The number of aliphatic carboxylic acids is 1. The first-order chi connectivity index (χ1) is 11.0. The van der Waals surface area contributed by atoms with E-state index in [0.717, 1.165) is 5.56 Å². The third kappa shape index (κ3) is 5.18. The summed E-state index contributed by atoms with van der Waals surface area (Å²) in [5, 5.41) is 9.66. The van der Waals surface area contributed by atoms with Gasteiger partial charge in [0.15, 0.2) is 0 Å². The third-order valence-electron chi connectivity index (χ3n) is 3.56. The Morgan fingerprint density at radius 3 is 2.17 bits per heavy atom. The minimum absolute atomic E-state index is 0.409. The van der Waals surface area contributed by atoms with Crippen LogP contribution in [-0.2, 0) is 11.4 Å². The molecule has 0 aliphatic heterocycles. The number of benzene rings is 2. The number of rotatable bonds is 7. The molecule has 0 amide bonds. The molecule has 0 saturated carbocycles. The molecule has 0 heterocycles. The Kier molecular flexibility index (Phi) is 5.88. The molecule has 2 aromatic carbocycles. The molecule has 0 aliphatic rings. The van der Waals surface area contributed by atoms with Crippen molar-refractivity contribution in [1.82, 2.24) is 0 Å². The molecular weight excluding hydrogens is 316 g/mol. The van der Waals surface area contributed by atoms with E-state index in [4.69, 9.17) is 26.2 Å². The van der Waals surface area contributed by atoms with Crippen LogP contribution in [0.5, 0.6) is 11.5 Å². The lowest BCUT2D eigenvalue weighted by Crippen LogP contribution is -2.27. The van der Waals surface area contributed by atoms with Crippen molar-refractivity contribution in [1.29, 1.82) is 0 Å². The Balaban J connectivity index is 1.89. The molecule has 2 unspecified atom stereocenters. The molecule has 1 N–H and O–H groups in total. The first-order valence-electron chi connectivity index (χ1n) is 7.32. The van der Waals surface area contributed by atoms with Crippen LogP contribution >= 0.6 is 11.6 Å². The highest BCUT2D eigenvalue weighted by molar-refractivity contribution is 6.30. The first kappa shape index (κ1) is 17.2. The molecule has 23 heavy (non-hydrogen) atoms. The smallest absolute Gasteiger partial charge is 0.309 e. The second-order valence-electron chi connectivity index (χ2n) is 5.34. The number of halogens is 1. The van der Waals surface area contributed by atoms with Crippen LogP contribution < -0.4 is 9.47 Å². The number of carbonyl (C=O) groups is 1. The summed E-state index contributed by atoms with van der Waals surface area (Å²) in [6, 6.07) is 14.6. The maximum Gasteiger partial charge on any atom is 0.309 e. The molecule has 0 aliphatic carbocycles. The summed E-state index contributed by atoms with van der Waals surface area (Å²) in [5.41, 5.74) is 1.03. The molecule has 2 aromatic rings. The second-order valence-corrected chi connectivity index (χ2v) is 5.77. The summed E-state index contributed by atoms with van der Waals surface area (Å²) < 4.78 is 11.3. The van der Waals surface area contributed by atoms with Crippen molar-refractivity contribution in [2.75, 3.05) is 0 Å². The van der Waals surface area contributed by atoms with Crippen LogP contribution in [0.1, 0.15) is 19.4 Å². The van der Waals surface area contributed by atoms with E-state index in [1.165, 1.54) is 0 Å². The van der Waals surface area contributed by atoms with Crippen LogP contribution in [0.15, 0.2) is 48.5 Å². The van der Waals surface area contributed by atoms with Gasteiger partial charge in [-0.2, -0.15) is 0 Å². The number of carboxylic acids is 1. The van der Waals surface area contributed by atoms with Crippen LogP contribution in [-0.4, -0.2) is 17.2 Å². The van der Waals surface area contributed by atoms with Crippen LogP contribution in [0.2, 0.25) is 5.02 Å². The highest BCUT2D eigenvalue weighted by Crippen LogP contribution is 2.21. The summed E-state index contributed by atoms with van der Waals surface area (Å²) in [5.74, 6) is -0.119. The Labute approximate surface area is 140 Å². The molecule has 0 bridgehead atoms. The molecule has 4 nitrogen and oxygen atoms in total. The maximum absolute atomic E-state index is 10.9. The molecule has 0 spiro atoms. The van der Waals surface area contributed by atoms with Gasteiger partial charge in [-0.3, -0.25) is 4.79 Å². The Morgan fingerprint density at radius 2 is 1.61 bits per heavy atom. The fourth-order valence-electron chi connectivity index (χ4n) is 1.88. The average Bonchev–Trinajstić information content (AvgIpc) is 2.54. The predicted octanol–water partition coefficient (Wildman–Crippen LogP) is 4.41. The summed E-state index contributed by atoms with van der Waals surface area (Å²) in [4.78, 5) is 10.9. The molecular formula is C18H19ClO4. The van der Waals surface area contributed by atoms with E-state index in [0.29, 0.717) is 23.1 Å². The summed E-state index contributed by atoms with van der Waals surface area (Å²) in [6.45, 7) is 3.81. The van der Waals surface area contributed by atoms with Crippen molar-refractivity contribution in [3.8, 4) is 11.5 Å². The summed E-state index contributed by atoms with van der Waals surface area (Å²) >= 11 is 5.84. The van der Waals surface area contributed by atoms with E-state index < -0.39 is 18.0 Å². The van der Waals surface area contributed by atoms with Gasteiger partial charge in [-0.25, -0.2) is 0 Å². The summed E-state index contributed by atoms with van der Waals surface area (Å²) in [6.07, 6.45) is -0.409. The Morgan fingerprint density at radius 1 is 1.04 bits per heavy atom. The highest BCUT2D eigenvalue weighted by Gasteiger charge is 2.20. The third-order valence-corrected chi connectivity index (χ3v) is 3.81. The molecule has 2 rings (SSSR count). The zero-order chi connectivity index (χ0) is 16.8. The minimum Gasteiger partial charge on any atom is -0.490 e. The van der Waals surface area contributed by atoms with Gasteiger partial charge in [-0.05, 0) is 55.8 Å². The lowest BCUT2D eigenvalue weighted by Gasteiger charge is -2.18. The van der Waals surface area contributed by atoms with Crippen LogP contribution in [0.3, 0.4) is 0 Å². The number of ether oxygens (including phenoxy) is 2. The Bertz CT molecular complexity index is 637. The monoisotopic (exact) mass is 334 g/mol. The van der Waals surface area contributed by atoms with Crippen molar-refractivity contribution in [2.24, 2.45) is 5.92 Å². The van der Waals surface area contributed by atoms with Gasteiger partial charge in [0.25, 0.3) is 0 Å². The molecule has 122 valence electrons. The Hall–Kier alpha value is -2.20. The quantitative estimate of drug-likeness (QED) is 0.815. The zero-order valence-corrected chi connectivity index (χ0v) is 13.8. The standard InChI is InChI=1S/C18H19ClO4/c1-12(18(20)21)13(2)23-17-9-7-16(8-10-17)22-11-14-3-5-15(19)6-4-14/h3-10,12-13H,11H2,1-2H3,(H,20,21). The second kappa shape index (κ2) is 7.88. The van der Waals surface area contributed by atoms with Gasteiger partial charge in [0.1, 0.15) is 24.2 Å². The molecule has 0 fully saturated rings. The van der Waals surface area contributed by atoms with Crippen LogP contribution in [0, 0.1) is 5.92 Å². The van der Waals surface area contributed by atoms with E-state index in [1.807, 2.05) is 24.3 Å². The van der Waals surface area contributed by atoms with Crippen molar-refractivity contribution in [3.63, 3.8) is 0 Å². The van der Waals surface area contributed by atoms with Gasteiger partial charge in [0, 0.05) is 5.02 Å². The normalized spacial score (nSPS) is 13.2. The molecule has 0 aromatic heterocycles. The first-order valence-corrected chi connectivity index (χ1v) is 7.70. The van der Waals surface area contributed by atoms with Crippen molar-refractivity contribution in [3.05, 3.63) is 59.1 Å². The van der Waals surface area contributed by atoms with E-state index in [1.54, 1.807) is 38.1 Å². The minimum atomic E-state index is -0.875.